The molecule has 0 N–H and O–H groups in total. The van der Waals surface area contributed by atoms with Crippen LogP contribution in [0, 0.1) is 13.8 Å². The van der Waals surface area contributed by atoms with Crippen LogP contribution in [0.25, 0.3) is 10.9 Å². The molecule has 0 bridgehead atoms. The summed E-state index contributed by atoms with van der Waals surface area (Å²) in [6, 6.07) is 6.17. The zero-order chi connectivity index (χ0) is 12.5. The monoisotopic (exact) mass is 274 g/mol. The number of aryl methyl sites for hydroxylation is 2. The molecular formula is C12H10N4S2. The van der Waals surface area contributed by atoms with E-state index in [9.17, 15) is 0 Å². The highest BCUT2D eigenvalue weighted by atomic mass is 32.2. The third-order valence-electron chi connectivity index (χ3n) is 2.45. The van der Waals surface area contributed by atoms with Crippen LogP contribution >= 0.6 is 23.1 Å². The van der Waals surface area contributed by atoms with Gasteiger partial charge in [-0.05, 0) is 37.7 Å². The molecule has 0 aliphatic heterocycles. The second kappa shape index (κ2) is 4.62. The van der Waals surface area contributed by atoms with E-state index in [1.807, 2.05) is 13.0 Å². The van der Waals surface area contributed by atoms with Crippen LogP contribution < -0.4 is 0 Å². The van der Waals surface area contributed by atoms with Crippen LogP contribution in [0.5, 0.6) is 0 Å². The number of hydrogen-bond donors (Lipinski definition) is 0. The molecule has 1 aromatic carbocycles. The molecule has 0 atom stereocenters. The topological polar surface area (TPSA) is 51.6 Å². The molecule has 0 saturated heterocycles. The molecule has 18 heavy (non-hydrogen) atoms. The van der Waals surface area contributed by atoms with E-state index < -0.39 is 0 Å². The molecule has 0 spiro atoms. The van der Waals surface area contributed by atoms with Crippen molar-refractivity contribution >= 4 is 34.0 Å². The highest BCUT2D eigenvalue weighted by molar-refractivity contribution is 8.01. The van der Waals surface area contributed by atoms with Gasteiger partial charge < -0.3 is 0 Å². The Morgan fingerprint density at radius 3 is 2.78 bits per heavy atom. The fourth-order valence-corrected chi connectivity index (χ4v) is 3.43. The van der Waals surface area contributed by atoms with Crippen LogP contribution in [0.2, 0.25) is 0 Å². The predicted octanol–water partition coefficient (Wildman–Crippen LogP) is 3.25. The van der Waals surface area contributed by atoms with Crippen molar-refractivity contribution in [1.82, 2.24) is 20.2 Å². The molecule has 0 aliphatic carbocycles. The van der Waals surface area contributed by atoms with Crippen molar-refractivity contribution in [2.75, 3.05) is 0 Å². The van der Waals surface area contributed by atoms with Crippen LogP contribution in [0.15, 0.2) is 33.9 Å². The Labute approximate surface area is 113 Å². The van der Waals surface area contributed by atoms with Gasteiger partial charge in [-0.15, -0.1) is 10.2 Å². The van der Waals surface area contributed by atoms with Crippen molar-refractivity contribution in [3.63, 3.8) is 0 Å². The third kappa shape index (κ3) is 2.21. The summed E-state index contributed by atoms with van der Waals surface area (Å²) in [4.78, 5) is 8.62. The molecule has 90 valence electrons. The molecular weight excluding hydrogens is 264 g/mol. The van der Waals surface area contributed by atoms with Crippen LogP contribution in [0.3, 0.4) is 0 Å². The van der Waals surface area contributed by atoms with Crippen LogP contribution in [0.1, 0.15) is 10.6 Å². The van der Waals surface area contributed by atoms with Gasteiger partial charge in [0.1, 0.15) is 16.4 Å². The maximum Gasteiger partial charge on any atom is 0.180 e. The molecule has 0 fully saturated rings. The summed E-state index contributed by atoms with van der Waals surface area (Å²) in [7, 11) is 0. The van der Waals surface area contributed by atoms with E-state index in [4.69, 9.17) is 0 Å². The summed E-state index contributed by atoms with van der Waals surface area (Å²) in [5.74, 6) is 0. The Hall–Kier alpha value is -1.53. The van der Waals surface area contributed by atoms with Crippen LogP contribution in [-0.2, 0) is 0 Å². The van der Waals surface area contributed by atoms with E-state index in [1.165, 1.54) is 5.56 Å². The van der Waals surface area contributed by atoms with E-state index in [1.54, 1.807) is 29.4 Å². The second-order valence-electron chi connectivity index (χ2n) is 3.89. The van der Waals surface area contributed by atoms with Gasteiger partial charge in [-0.1, -0.05) is 23.0 Å². The lowest BCUT2D eigenvalue weighted by Gasteiger charge is -2.03. The quantitative estimate of drug-likeness (QED) is 0.671. The lowest BCUT2D eigenvalue weighted by Crippen LogP contribution is -1.87. The molecule has 2 aromatic heterocycles. The maximum absolute atomic E-state index is 4.34. The zero-order valence-electron chi connectivity index (χ0n) is 9.91. The first-order valence-corrected chi connectivity index (χ1v) is 7.05. The maximum atomic E-state index is 4.34. The van der Waals surface area contributed by atoms with Crippen molar-refractivity contribution in [2.24, 2.45) is 0 Å². The number of hydrogen-bond acceptors (Lipinski definition) is 6. The normalized spacial score (nSPS) is 11.0. The lowest BCUT2D eigenvalue weighted by molar-refractivity contribution is 0.980. The first kappa shape index (κ1) is 11.6. The Balaban J connectivity index is 2.08. The van der Waals surface area contributed by atoms with Gasteiger partial charge in [-0.25, -0.2) is 9.97 Å². The Morgan fingerprint density at radius 2 is 2.00 bits per heavy atom. The third-order valence-corrected chi connectivity index (χ3v) is 4.35. The number of fused-ring (bicyclic) bond motifs is 1. The number of nitrogens with zero attached hydrogens (tertiary/aromatic N) is 4. The fourth-order valence-electron chi connectivity index (χ4n) is 1.63. The van der Waals surface area contributed by atoms with Gasteiger partial charge in [0, 0.05) is 5.39 Å². The van der Waals surface area contributed by atoms with Gasteiger partial charge in [-0.3, -0.25) is 0 Å². The van der Waals surface area contributed by atoms with Gasteiger partial charge in [0.15, 0.2) is 4.34 Å². The number of benzene rings is 1. The smallest absolute Gasteiger partial charge is 0.180 e. The first-order chi connectivity index (χ1) is 8.72. The molecule has 6 heteroatoms. The summed E-state index contributed by atoms with van der Waals surface area (Å²) >= 11 is 3.12. The zero-order valence-corrected chi connectivity index (χ0v) is 11.5. The van der Waals surface area contributed by atoms with Gasteiger partial charge in [0.05, 0.1) is 5.52 Å². The molecule has 2 heterocycles. The minimum Gasteiger partial charge on any atom is -0.236 e. The number of rotatable bonds is 2. The van der Waals surface area contributed by atoms with Crippen molar-refractivity contribution < 1.29 is 0 Å². The predicted molar refractivity (Wildman–Crippen MR) is 73.0 cm³/mol. The summed E-state index contributed by atoms with van der Waals surface area (Å²) in [6.07, 6.45) is 1.59. The first-order valence-electron chi connectivity index (χ1n) is 5.42. The Bertz CT molecular complexity index is 708. The Kier molecular flexibility index (Phi) is 2.97. The molecule has 0 unspecified atom stereocenters. The van der Waals surface area contributed by atoms with Gasteiger partial charge in [0.2, 0.25) is 0 Å². The van der Waals surface area contributed by atoms with Crippen molar-refractivity contribution in [3.8, 4) is 0 Å². The molecule has 3 rings (SSSR count). The summed E-state index contributed by atoms with van der Waals surface area (Å²) in [6.45, 7) is 4.01. The number of aromatic nitrogens is 4. The average Bonchev–Trinajstić information content (AvgIpc) is 2.76. The Morgan fingerprint density at radius 1 is 1.11 bits per heavy atom. The summed E-state index contributed by atoms with van der Waals surface area (Å²) < 4.78 is 0.911. The average molecular weight is 274 g/mol. The van der Waals surface area contributed by atoms with Gasteiger partial charge in [0.25, 0.3) is 0 Å². The van der Waals surface area contributed by atoms with Crippen LogP contribution in [0.4, 0.5) is 0 Å². The second-order valence-corrected chi connectivity index (χ2v) is 6.31. The minimum atomic E-state index is 0.911. The molecule has 3 aromatic rings. The van der Waals surface area contributed by atoms with E-state index in [-0.39, 0.29) is 0 Å². The summed E-state index contributed by atoms with van der Waals surface area (Å²) in [5.41, 5.74) is 2.16. The molecule has 0 saturated carbocycles. The standard InChI is InChI=1S/C12H10N4S2/c1-7-3-4-10-9(5-7)11(14-6-13-10)18-12-16-15-8(2)17-12/h3-6H,1-2H3. The van der Waals surface area contributed by atoms with E-state index in [0.29, 0.717) is 0 Å². The molecule has 0 radical (unpaired) electrons. The van der Waals surface area contributed by atoms with E-state index in [2.05, 4.69) is 39.2 Å². The fraction of sp³-hybridized carbons (Fsp3) is 0.167. The molecule has 0 amide bonds. The molecule has 4 nitrogen and oxygen atoms in total. The lowest BCUT2D eigenvalue weighted by atomic mass is 10.2. The van der Waals surface area contributed by atoms with Crippen LogP contribution in [-0.4, -0.2) is 20.2 Å². The largest absolute Gasteiger partial charge is 0.236 e. The van der Waals surface area contributed by atoms with Gasteiger partial charge in [-0.2, -0.15) is 0 Å². The molecule has 0 aliphatic rings. The van der Waals surface area contributed by atoms with Gasteiger partial charge >= 0.3 is 0 Å². The highest BCUT2D eigenvalue weighted by Crippen LogP contribution is 2.32. The van der Waals surface area contributed by atoms with Crippen molar-refractivity contribution in [3.05, 3.63) is 35.1 Å². The van der Waals surface area contributed by atoms with E-state index in [0.717, 1.165) is 25.3 Å². The van der Waals surface area contributed by atoms with E-state index >= 15 is 0 Å². The SMILES string of the molecule is Cc1ccc2ncnc(Sc3nnc(C)s3)c2c1. The van der Waals surface area contributed by atoms with Crippen molar-refractivity contribution in [1.29, 1.82) is 0 Å². The van der Waals surface area contributed by atoms with Crippen molar-refractivity contribution in [2.45, 2.75) is 23.2 Å². The summed E-state index contributed by atoms with van der Waals surface area (Å²) in [5, 5.41) is 11.1. The minimum absolute atomic E-state index is 0.911. The highest BCUT2D eigenvalue weighted by Gasteiger charge is 2.09.